The maximum atomic E-state index is 13.4. The van der Waals surface area contributed by atoms with Gasteiger partial charge in [-0.3, -0.25) is 14.2 Å². The van der Waals surface area contributed by atoms with Crippen molar-refractivity contribution < 1.29 is 22.4 Å². The number of hydrogen-bond acceptors (Lipinski definition) is 3. The molecule has 0 unspecified atom stereocenters. The molecule has 9 heteroatoms. The standard InChI is InChI=1S/C20H16F4N2O2S/c1-12-17(29-19(28)26(12)11-13-5-4-7-15(21)9-13)18(27)25-10-14-6-2-3-8-16(14)20(22,23)24/h2-9H,10-11H2,1H3,(H,25,27). The first-order valence-electron chi connectivity index (χ1n) is 8.55. The zero-order valence-electron chi connectivity index (χ0n) is 15.2. The molecular weight excluding hydrogens is 408 g/mol. The van der Waals surface area contributed by atoms with Gasteiger partial charge in [0.05, 0.1) is 12.1 Å². The number of carbonyl (C=O) groups excluding carboxylic acids is 1. The van der Waals surface area contributed by atoms with Gasteiger partial charge >= 0.3 is 11.0 Å². The van der Waals surface area contributed by atoms with Crippen LogP contribution >= 0.6 is 11.3 Å². The Morgan fingerprint density at radius 2 is 1.86 bits per heavy atom. The summed E-state index contributed by atoms with van der Waals surface area (Å²) in [5, 5.41) is 2.44. The Kier molecular flexibility index (Phi) is 5.88. The van der Waals surface area contributed by atoms with E-state index in [1.165, 1.54) is 41.0 Å². The van der Waals surface area contributed by atoms with Gasteiger partial charge < -0.3 is 5.32 Å². The Hall–Kier alpha value is -2.94. The van der Waals surface area contributed by atoms with Crippen LogP contribution in [0.3, 0.4) is 0 Å². The van der Waals surface area contributed by atoms with Crippen LogP contribution in [0.4, 0.5) is 17.6 Å². The SMILES string of the molecule is Cc1c(C(=O)NCc2ccccc2C(F)(F)F)sc(=O)n1Cc1cccc(F)c1. The van der Waals surface area contributed by atoms with Crippen molar-refractivity contribution in [2.75, 3.05) is 0 Å². The first kappa shape index (κ1) is 20.8. The molecule has 3 aromatic rings. The Labute approximate surface area is 167 Å². The van der Waals surface area contributed by atoms with Crippen molar-refractivity contribution in [3.8, 4) is 0 Å². The largest absolute Gasteiger partial charge is 0.416 e. The normalized spacial score (nSPS) is 11.5. The quantitative estimate of drug-likeness (QED) is 0.619. The van der Waals surface area contributed by atoms with E-state index in [0.29, 0.717) is 22.6 Å². The first-order chi connectivity index (χ1) is 13.7. The second-order valence-electron chi connectivity index (χ2n) is 6.34. The van der Waals surface area contributed by atoms with Crippen molar-refractivity contribution in [3.05, 3.63) is 91.3 Å². The van der Waals surface area contributed by atoms with Gasteiger partial charge in [-0.2, -0.15) is 13.2 Å². The zero-order valence-corrected chi connectivity index (χ0v) is 16.0. The summed E-state index contributed by atoms with van der Waals surface area (Å²) in [6, 6.07) is 10.7. The molecule has 2 aromatic carbocycles. The number of amides is 1. The molecule has 0 fully saturated rings. The van der Waals surface area contributed by atoms with Gasteiger partial charge in [-0.05, 0) is 36.2 Å². The molecule has 0 aliphatic carbocycles. The lowest BCUT2D eigenvalue weighted by Crippen LogP contribution is -2.24. The Morgan fingerprint density at radius 3 is 2.55 bits per heavy atom. The zero-order chi connectivity index (χ0) is 21.2. The molecular formula is C20H16F4N2O2S. The molecule has 0 bridgehead atoms. The maximum Gasteiger partial charge on any atom is 0.416 e. The summed E-state index contributed by atoms with van der Waals surface area (Å²) < 4.78 is 53.9. The maximum absolute atomic E-state index is 13.4. The van der Waals surface area contributed by atoms with Crippen molar-refractivity contribution in [2.45, 2.75) is 26.2 Å². The Balaban J connectivity index is 1.79. The number of aromatic nitrogens is 1. The number of alkyl halides is 3. The second-order valence-corrected chi connectivity index (χ2v) is 7.30. The predicted molar refractivity (Wildman–Crippen MR) is 101 cm³/mol. The van der Waals surface area contributed by atoms with Gasteiger partial charge in [0, 0.05) is 12.2 Å². The van der Waals surface area contributed by atoms with E-state index in [0.717, 1.165) is 6.07 Å². The fourth-order valence-corrected chi connectivity index (χ4v) is 3.80. The minimum atomic E-state index is -4.53. The van der Waals surface area contributed by atoms with Crippen LogP contribution in [0, 0.1) is 12.7 Å². The van der Waals surface area contributed by atoms with Crippen LogP contribution in [0.25, 0.3) is 0 Å². The minimum absolute atomic E-state index is 0.0717. The molecule has 0 saturated heterocycles. The molecule has 0 radical (unpaired) electrons. The number of carbonyl (C=O) groups is 1. The molecule has 3 rings (SSSR count). The van der Waals surface area contributed by atoms with Gasteiger partial charge in [0.1, 0.15) is 10.7 Å². The summed E-state index contributed by atoms with van der Waals surface area (Å²) in [4.78, 5) is 24.4. The fourth-order valence-electron chi connectivity index (χ4n) is 2.89. The molecule has 1 N–H and O–H groups in total. The van der Waals surface area contributed by atoms with Crippen molar-refractivity contribution in [3.63, 3.8) is 0 Å². The Morgan fingerprint density at radius 1 is 1.14 bits per heavy atom. The highest BCUT2D eigenvalue weighted by atomic mass is 32.1. The molecule has 0 aliphatic heterocycles. The van der Waals surface area contributed by atoms with E-state index >= 15 is 0 Å². The highest BCUT2D eigenvalue weighted by molar-refractivity contribution is 7.11. The lowest BCUT2D eigenvalue weighted by atomic mass is 10.1. The van der Waals surface area contributed by atoms with Gasteiger partial charge in [0.15, 0.2) is 0 Å². The van der Waals surface area contributed by atoms with E-state index in [-0.39, 0.29) is 23.5 Å². The summed E-state index contributed by atoms with van der Waals surface area (Å²) in [5.74, 6) is -1.08. The summed E-state index contributed by atoms with van der Waals surface area (Å²) in [6.45, 7) is 1.32. The molecule has 0 spiro atoms. The lowest BCUT2D eigenvalue weighted by Gasteiger charge is -2.13. The molecule has 1 aromatic heterocycles. The van der Waals surface area contributed by atoms with Gasteiger partial charge in [0.25, 0.3) is 5.91 Å². The van der Waals surface area contributed by atoms with Crippen molar-refractivity contribution in [1.29, 1.82) is 0 Å². The van der Waals surface area contributed by atoms with Crippen LogP contribution < -0.4 is 10.2 Å². The molecule has 1 heterocycles. The van der Waals surface area contributed by atoms with Crippen LogP contribution in [0.1, 0.15) is 32.1 Å². The van der Waals surface area contributed by atoms with E-state index in [1.54, 1.807) is 13.0 Å². The average Bonchev–Trinajstić information content (AvgIpc) is 2.94. The molecule has 4 nitrogen and oxygen atoms in total. The van der Waals surface area contributed by atoms with Crippen LogP contribution in [0.5, 0.6) is 0 Å². The highest BCUT2D eigenvalue weighted by Crippen LogP contribution is 2.31. The number of halogens is 4. The second kappa shape index (κ2) is 8.20. The third kappa shape index (κ3) is 4.73. The van der Waals surface area contributed by atoms with E-state index in [1.807, 2.05) is 0 Å². The lowest BCUT2D eigenvalue weighted by molar-refractivity contribution is -0.138. The molecule has 0 atom stereocenters. The number of rotatable bonds is 5. The smallest absolute Gasteiger partial charge is 0.347 e. The molecule has 0 saturated carbocycles. The number of nitrogens with zero attached hydrogens (tertiary/aromatic N) is 1. The van der Waals surface area contributed by atoms with E-state index in [9.17, 15) is 27.2 Å². The summed E-state index contributed by atoms with van der Waals surface area (Å²) >= 11 is 0.697. The monoisotopic (exact) mass is 424 g/mol. The third-order valence-electron chi connectivity index (χ3n) is 4.34. The first-order valence-corrected chi connectivity index (χ1v) is 9.36. The van der Waals surface area contributed by atoms with Crippen molar-refractivity contribution >= 4 is 17.2 Å². The summed E-state index contributed by atoms with van der Waals surface area (Å²) in [7, 11) is 0. The molecule has 152 valence electrons. The van der Waals surface area contributed by atoms with Crippen molar-refractivity contribution in [2.24, 2.45) is 0 Å². The van der Waals surface area contributed by atoms with Gasteiger partial charge in [-0.25, -0.2) is 4.39 Å². The Bertz CT molecular complexity index is 1100. The van der Waals surface area contributed by atoms with Gasteiger partial charge in [-0.15, -0.1) is 0 Å². The molecule has 29 heavy (non-hydrogen) atoms. The van der Waals surface area contributed by atoms with E-state index < -0.39 is 28.3 Å². The van der Waals surface area contributed by atoms with Gasteiger partial charge in [-0.1, -0.05) is 41.7 Å². The number of nitrogens with one attached hydrogen (secondary N) is 1. The number of thiazole rings is 1. The molecule has 0 aliphatic rings. The van der Waals surface area contributed by atoms with Crippen LogP contribution in [-0.2, 0) is 19.3 Å². The molecule has 1 amide bonds. The minimum Gasteiger partial charge on any atom is -0.347 e. The third-order valence-corrected chi connectivity index (χ3v) is 5.42. The van der Waals surface area contributed by atoms with Crippen molar-refractivity contribution in [1.82, 2.24) is 9.88 Å². The summed E-state index contributed by atoms with van der Waals surface area (Å²) in [6.07, 6.45) is -4.53. The van der Waals surface area contributed by atoms with Crippen LogP contribution in [0.2, 0.25) is 0 Å². The van der Waals surface area contributed by atoms with Gasteiger partial charge in [0.2, 0.25) is 0 Å². The number of benzene rings is 2. The fraction of sp³-hybridized carbons (Fsp3) is 0.200. The topological polar surface area (TPSA) is 51.1 Å². The van der Waals surface area contributed by atoms with Crippen LogP contribution in [-0.4, -0.2) is 10.5 Å². The summed E-state index contributed by atoms with van der Waals surface area (Å²) in [5.41, 5.74) is 0.0244. The van der Waals surface area contributed by atoms with Crippen LogP contribution in [0.15, 0.2) is 53.3 Å². The average molecular weight is 424 g/mol. The number of hydrogen-bond donors (Lipinski definition) is 1. The van der Waals surface area contributed by atoms with E-state index in [4.69, 9.17) is 0 Å². The van der Waals surface area contributed by atoms with E-state index in [2.05, 4.69) is 5.32 Å². The highest BCUT2D eigenvalue weighted by Gasteiger charge is 2.33. The predicted octanol–water partition coefficient (Wildman–Crippen LogP) is 4.35.